The molecule has 0 amide bonds. The Balaban J connectivity index is 1.89. The molecular weight excluding hydrogens is 269 g/mol. The Hall–Kier alpha value is -1.36. The van der Waals surface area contributed by atoms with Crippen molar-refractivity contribution in [1.82, 2.24) is 0 Å². The fraction of sp³-hybridized carbons (Fsp3) is 0.533. The van der Waals surface area contributed by atoms with Crippen LogP contribution in [-0.4, -0.2) is 25.2 Å². The van der Waals surface area contributed by atoms with Gasteiger partial charge in [0.15, 0.2) is 5.78 Å². The van der Waals surface area contributed by atoms with E-state index in [4.69, 9.17) is 0 Å². The molecule has 5 heteroatoms. The van der Waals surface area contributed by atoms with Crippen LogP contribution in [0.25, 0.3) is 0 Å². The van der Waals surface area contributed by atoms with E-state index in [0.717, 1.165) is 18.4 Å². The van der Waals surface area contributed by atoms with Crippen LogP contribution >= 0.6 is 0 Å². The number of carbonyl (C=O) groups is 1. The number of ketones is 1. The van der Waals surface area contributed by atoms with Crippen LogP contribution in [0.1, 0.15) is 47.5 Å². The van der Waals surface area contributed by atoms with Crippen LogP contribution < -0.4 is 0 Å². The van der Waals surface area contributed by atoms with Crippen molar-refractivity contribution in [2.75, 3.05) is 13.2 Å². The summed E-state index contributed by atoms with van der Waals surface area (Å²) in [7, 11) is 0. The fourth-order valence-electron chi connectivity index (χ4n) is 2.31. The van der Waals surface area contributed by atoms with Crippen LogP contribution in [0.5, 0.6) is 0 Å². The van der Waals surface area contributed by atoms with Crippen LogP contribution in [0.2, 0.25) is 0 Å². The minimum Gasteiger partial charge on any atom is -0.372 e. The Morgan fingerprint density at radius 1 is 1.25 bits per heavy atom. The predicted octanol–water partition coefficient (Wildman–Crippen LogP) is 4.11. The minimum absolute atomic E-state index is 0.0141. The Morgan fingerprint density at radius 3 is 2.55 bits per heavy atom. The standard InChI is InChI=1S/C15H17F3O2/c16-15(17,18)10-20-9-8-14(19)13-7-2-1-6-12(13)11-4-3-5-11/h1-2,6-7,11H,3-5,8-10H2. The van der Waals surface area contributed by atoms with Crippen LogP contribution in [0.4, 0.5) is 13.2 Å². The summed E-state index contributed by atoms with van der Waals surface area (Å²) in [5, 5.41) is 0. The van der Waals surface area contributed by atoms with Crippen molar-refractivity contribution < 1.29 is 22.7 Å². The van der Waals surface area contributed by atoms with Gasteiger partial charge in [-0.05, 0) is 24.3 Å². The van der Waals surface area contributed by atoms with Gasteiger partial charge in [0, 0.05) is 12.0 Å². The van der Waals surface area contributed by atoms with Crippen molar-refractivity contribution in [2.24, 2.45) is 0 Å². The third-order valence-electron chi connectivity index (χ3n) is 3.55. The van der Waals surface area contributed by atoms with E-state index in [-0.39, 0.29) is 18.8 Å². The van der Waals surface area contributed by atoms with Gasteiger partial charge in [-0.2, -0.15) is 13.2 Å². The summed E-state index contributed by atoms with van der Waals surface area (Å²) in [5.74, 6) is 0.279. The van der Waals surface area contributed by atoms with E-state index in [1.165, 1.54) is 6.42 Å². The molecule has 0 aliphatic heterocycles. The number of halogens is 3. The largest absolute Gasteiger partial charge is 0.411 e. The van der Waals surface area contributed by atoms with Gasteiger partial charge in [-0.3, -0.25) is 4.79 Å². The summed E-state index contributed by atoms with van der Waals surface area (Å²) in [6.07, 6.45) is -1.03. The van der Waals surface area contributed by atoms with Crippen molar-refractivity contribution in [3.8, 4) is 0 Å². The van der Waals surface area contributed by atoms with E-state index in [9.17, 15) is 18.0 Å². The maximum Gasteiger partial charge on any atom is 0.411 e. The molecule has 0 aromatic heterocycles. The summed E-state index contributed by atoms with van der Waals surface area (Å²) >= 11 is 0. The maximum atomic E-state index is 12.1. The average Bonchev–Trinajstić information content (AvgIpc) is 2.32. The lowest BCUT2D eigenvalue weighted by Crippen LogP contribution is -2.19. The van der Waals surface area contributed by atoms with Gasteiger partial charge in [0.2, 0.25) is 0 Å². The summed E-state index contributed by atoms with van der Waals surface area (Å²) in [6.45, 7) is -1.50. The molecule has 0 atom stereocenters. The van der Waals surface area contributed by atoms with E-state index in [2.05, 4.69) is 4.74 Å². The highest BCUT2D eigenvalue weighted by Gasteiger charge is 2.28. The zero-order chi connectivity index (χ0) is 14.6. The molecule has 1 fully saturated rings. The Morgan fingerprint density at radius 2 is 1.95 bits per heavy atom. The smallest absolute Gasteiger partial charge is 0.372 e. The molecule has 1 aromatic rings. The minimum atomic E-state index is -4.34. The first-order valence-electron chi connectivity index (χ1n) is 6.74. The first-order valence-corrected chi connectivity index (χ1v) is 6.74. The second kappa shape index (κ2) is 6.39. The van der Waals surface area contributed by atoms with E-state index in [1.54, 1.807) is 12.1 Å². The van der Waals surface area contributed by atoms with Gasteiger partial charge in [0.25, 0.3) is 0 Å². The Bertz CT molecular complexity index is 464. The number of alkyl halides is 3. The molecule has 0 N–H and O–H groups in total. The second-order valence-corrected chi connectivity index (χ2v) is 5.06. The van der Waals surface area contributed by atoms with E-state index >= 15 is 0 Å². The number of carbonyl (C=O) groups excluding carboxylic acids is 1. The highest BCUT2D eigenvalue weighted by atomic mass is 19.4. The molecule has 110 valence electrons. The first kappa shape index (κ1) is 15.0. The summed E-state index contributed by atoms with van der Waals surface area (Å²) in [6, 6.07) is 7.37. The number of benzene rings is 1. The molecule has 1 aromatic carbocycles. The molecule has 2 nitrogen and oxygen atoms in total. The molecule has 0 bridgehead atoms. The topological polar surface area (TPSA) is 26.3 Å². The van der Waals surface area contributed by atoms with Crippen LogP contribution in [0.15, 0.2) is 24.3 Å². The van der Waals surface area contributed by atoms with E-state index in [0.29, 0.717) is 11.5 Å². The van der Waals surface area contributed by atoms with Crippen molar-refractivity contribution in [3.05, 3.63) is 35.4 Å². The third kappa shape index (κ3) is 4.07. The number of Topliss-reactive ketones (excluding diaryl/α,β-unsaturated/α-hetero) is 1. The van der Waals surface area contributed by atoms with Crippen molar-refractivity contribution in [2.45, 2.75) is 37.8 Å². The van der Waals surface area contributed by atoms with Gasteiger partial charge in [-0.1, -0.05) is 30.7 Å². The lowest BCUT2D eigenvalue weighted by molar-refractivity contribution is -0.173. The second-order valence-electron chi connectivity index (χ2n) is 5.06. The number of ether oxygens (including phenoxy) is 1. The van der Waals surface area contributed by atoms with Crippen LogP contribution in [-0.2, 0) is 4.74 Å². The number of rotatable bonds is 6. The Labute approximate surface area is 115 Å². The van der Waals surface area contributed by atoms with Crippen molar-refractivity contribution in [3.63, 3.8) is 0 Å². The quantitative estimate of drug-likeness (QED) is 0.581. The van der Waals surface area contributed by atoms with E-state index < -0.39 is 12.8 Å². The molecule has 0 spiro atoms. The third-order valence-corrected chi connectivity index (χ3v) is 3.55. The molecule has 0 heterocycles. The zero-order valence-corrected chi connectivity index (χ0v) is 11.1. The fourth-order valence-corrected chi connectivity index (χ4v) is 2.31. The van der Waals surface area contributed by atoms with Gasteiger partial charge in [0.1, 0.15) is 6.61 Å². The van der Waals surface area contributed by atoms with Gasteiger partial charge >= 0.3 is 6.18 Å². The highest BCUT2D eigenvalue weighted by Crippen LogP contribution is 2.38. The summed E-state index contributed by atoms with van der Waals surface area (Å²) in [4.78, 5) is 12.1. The molecule has 1 aliphatic rings. The normalized spacial score (nSPS) is 15.9. The Kier molecular flexibility index (Phi) is 4.81. The van der Waals surface area contributed by atoms with Gasteiger partial charge < -0.3 is 4.74 Å². The maximum absolute atomic E-state index is 12.1. The predicted molar refractivity (Wildman–Crippen MR) is 68.9 cm³/mol. The van der Waals surface area contributed by atoms with Crippen molar-refractivity contribution >= 4 is 5.78 Å². The van der Waals surface area contributed by atoms with Crippen LogP contribution in [0, 0.1) is 0 Å². The molecule has 1 aliphatic carbocycles. The molecular formula is C15H17F3O2. The molecule has 2 rings (SSSR count). The SMILES string of the molecule is O=C(CCOCC(F)(F)F)c1ccccc1C1CCC1. The molecule has 1 saturated carbocycles. The van der Waals surface area contributed by atoms with E-state index in [1.807, 2.05) is 12.1 Å². The lowest BCUT2D eigenvalue weighted by Gasteiger charge is -2.27. The number of hydrogen-bond acceptors (Lipinski definition) is 2. The zero-order valence-electron chi connectivity index (χ0n) is 11.1. The molecule has 0 saturated heterocycles. The summed E-state index contributed by atoms with van der Waals surface area (Å²) in [5.41, 5.74) is 1.66. The lowest BCUT2D eigenvalue weighted by atomic mass is 9.77. The monoisotopic (exact) mass is 286 g/mol. The molecule has 0 radical (unpaired) electrons. The van der Waals surface area contributed by atoms with Gasteiger partial charge in [-0.25, -0.2) is 0 Å². The van der Waals surface area contributed by atoms with Gasteiger partial charge in [-0.15, -0.1) is 0 Å². The highest BCUT2D eigenvalue weighted by molar-refractivity contribution is 5.97. The number of hydrogen-bond donors (Lipinski definition) is 0. The molecule has 0 unspecified atom stereocenters. The molecule has 20 heavy (non-hydrogen) atoms. The van der Waals surface area contributed by atoms with Crippen LogP contribution in [0.3, 0.4) is 0 Å². The average molecular weight is 286 g/mol. The van der Waals surface area contributed by atoms with Gasteiger partial charge in [0.05, 0.1) is 6.61 Å². The van der Waals surface area contributed by atoms with Crippen molar-refractivity contribution in [1.29, 1.82) is 0 Å². The first-order chi connectivity index (χ1) is 9.47. The summed E-state index contributed by atoms with van der Waals surface area (Å²) < 4.78 is 40.2.